The molecule has 0 saturated carbocycles. The Labute approximate surface area is 112 Å². The fourth-order valence-corrected chi connectivity index (χ4v) is 2.68. The lowest BCUT2D eigenvalue weighted by Crippen LogP contribution is -2.34. The molecule has 0 bridgehead atoms. The summed E-state index contributed by atoms with van der Waals surface area (Å²) in [5, 5.41) is 8.02. The van der Waals surface area contributed by atoms with Crippen molar-refractivity contribution in [3.63, 3.8) is 0 Å². The Morgan fingerprint density at radius 2 is 1.89 bits per heavy atom. The minimum atomic E-state index is 0.368. The van der Waals surface area contributed by atoms with Crippen LogP contribution in [0.2, 0.25) is 0 Å². The zero-order valence-electron chi connectivity index (χ0n) is 12.7. The Hall–Kier alpha value is -0.830. The van der Waals surface area contributed by atoms with Crippen molar-refractivity contribution >= 4 is 0 Å². The van der Waals surface area contributed by atoms with E-state index in [0.717, 1.165) is 25.9 Å². The maximum atomic E-state index is 4.66. The molecular weight excluding hydrogens is 222 g/mol. The molecule has 0 fully saturated rings. The summed E-state index contributed by atoms with van der Waals surface area (Å²) in [7, 11) is 2.05. The first-order chi connectivity index (χ1) is 8.64. The van der Waals surface area contributed by atoms with E-state index in [0.29, 0.717) is 5.41 Å². The molecule has 1 aromatic rings. The average molecular weight is 251 g/mol. The molecule has 1 rings (SSSR count). The van der Waals surface area contributed by atoms with Crippen molar-refractivity contribution in [3.05, 3.63) is 17.5 Å². The van der Waals surface area contributed by atoms with Crippen LogP contribution < -0.4 is 5.32 Å². The van der Waals surface area contributed by atoms with Crippen molar-refractivity contribution in [1.29, 1.82) is 0 Å². The average Bonchev–Trinajstić information content (AvgIpc) is 2.80. The highest BCUT2D eigenvalue weighted by molar-refractivity contribution is 5.13. The highest BCUT2D eigenvalue weighted by Crippen LogP contribution is 2.30. The van der Waals surface area contributed by atoms with Crippen molar-refractivity contribution < 1.29 is 0 Å². The van der Waals surface area contributed by atoms with Gasteiger partial charge in [-0.3, -0.25) is 4.68 Å². The molecule has 0 atom stereocenters. The summed E-state index contributed by atoms with van der Waals surface area (Å²) in [6, 6.07) is 2.29. The third-order valence-electron chi connectivity index (χ3n) is 4.18. The minimum absolute atomic E-state index is 0.368. The molecule has 1 aromatic heterocycles. The van der Waals surface area contributed by atoms with E-state index in [1.54, 1.807) is 0 Å². The van der Waals surface area contributed by atoms with Gasteiger partial charge in [0.15, 0.2) is 0 Å². The fourth-order valence-electron chi connectivity index (χ4n) is 2.68. The van der Waals surface area contributed by atoms with Crippen molar-refractivity contribution in [1.82, 2.24) is 15.1 Å². The lowest BCUT2D eigenvalue weighted by atomic mass is 9.78. The fraction of sp³-hybridized carbons (Fsp3) is 0.800. The van der Waals surface area contributed by atoms with Gasteiger partial charge in [0.2, 0.25) is 0 Å². The van der Waals surface area contributed by atoms with Crippen LogP contribution in [-0.4, -0.2) is 23.4 Å². The maximum Gasteiger partial charge on any atom is 0.0624 e. The van der Waals surface area contributed by atoms with Crippen LogP contribution in [-0.2, 0) is 19.4 Å². The largest absolute Gasteiger partial charge is 0.319 e. The van der Waals surface area contributed by atoms with Gasteiger partial charge in [-0.1, -0.05) is 20.8 Å². The number of aryl methyl sites for hydroxylation is 2. The molecule has 0 unspecified atom stereocenters. The van der Waals surface area contributed by atoms with E-state index in [2.05, 4.69) is 55.9 Å². The molecule has 3 nitrogen and oxygen atoms in total. The van der Waals surface area contributed by atoms with Gasteiger partial charge in [-0.05, 0) is 51.1 Å². The SMILES string of the molecule is CCc1cc(CC(CC)(CC)CNC)n(CC)n1. The molecule has 0 amide bonds. The number of nitrogens with one attached hydrogen (secondary N) is 1. The first kappa shape index (κ1) is 15.2. The van der Waals surface area contributed by atoms with E-state index in [9.17, 15) is 0 Å². The van der Waals surface area contributed by atoms with Crippen molar-refractivity contribution in [2.24, 2.45) is 5.41 Å². The van der Waals surface area contributed by atoms with Gasteiger partial charge in [-0.15, -0.1) is 0 Å². The topological polar surface area (TPSA) is 29.9 Å². The third kappa shape index (κ3) is 3.35. The van der Waals surface area contributed by atoms with Crippen LogP contribution in [0.3, 0.4) is 0 Å². The van der Waals surface area contributed by atoms with E-state index in [1.165, 1.54) is 24.2 Å². The lowest BCUT2D eigenvalue weighted by Gasteiger charge is -2.31. The first-order valence-corrected chi connectivity index (χ1v) is 7.34. The molecule has 104 valence electrons. The smallest absolute Gasteiger partial charge is 0.0624 e. The Morgan fingerprint density at radius 1 is 1.22 bits per heavy atom. The minimum Gasteiger partial charge on any atom is -0.319 e. The molecule has 0 aliphatic carbocycles. The molecule has 1 heterocycles. The van der Waals surface area contributed by atoms with Gasteiger partial charge in [0, 0.05) is 18.8 Å². The number of hydrogen-bond acceptors (Lipinski definition) is 2. The molecule has 0 aromatic carbocycles. The van der Waals surface area contributed by atoms with E-state index >= 15 is 0 Å². The summed E-state index contributed by atoms with van der Waals surface area (Å²) >= 11 is 0. The third-order valence-corrected chi connectivity index (χ3v) is 4.18. The molecular formula is C15H29N3. The molecule has 0 aliphatic heterocycles. The highest BCUT2D eigenvalue weighted by Gasteiger charge is 2.27. The summed E-state index contributed by atoms with van der Waals surface area (Å²) in [6.07, 6.45) is 4.57. The van der Waals surface area contributed by atoms with E-state index < -0.39 is 0 Å². The number of hydrogen-bond donors (Lipinski definition) is 1. The van der Waals surface area contributed by atoms with E-state index in [4.69, 9.17) is 0 Å². The standard InChI is InChI=1S/C15H29N3/c1-6-13-10-14(18(9-4)17-13)11-15(7-2,8-3)12-16-5/h10,16H,6-9,11-12H2,1-5H3. The summed E-state index contributed by atoms with van der Waals surface area (Å²) < 4.78 is 2.18. The molecule has 18 heavy (non-hydrogen) atoms. The monoisotopic (exact) mass is 251 g/mol. The summed E-state index contributed by atoms with van der Waals surface area (Å²) in [4.78, 5) is 0. The van der Waals surface area contributed by atoms with E-state index in [-0.39, 0.29) is 0 Å². The van der Waals surface area contributed by atoms with Crippen molar-refractivity contribution in [3.8, 4) is 0 Å². The van der Waals surface area contributed by atoms with Crippen LogP contribution in [0.1, 0.15) is 51.9 Å². The zero-order chi connectivity index (χ0) is 13.6. The van der Waals surface area contributed by atoms with Gasteiger partial charge in [0.1, 0.15) is 0 Å². The van der Waals surface area contributed by atoms with Gasteiger partial charge < -0.3 is 5.32 Å². The molecule has 1 N–H and O–H groups in total. The second-order valence-electron chi connectivity index (χ2n) is 5.21. The Balaban J connectivity index is 2.95. The van der Waals surface area contributed by atoms with Gasteiger partial charge in [0.05, 0.1) is 5.69 Å². The Kier molecular flexibility index (Phi) is 5.86. The van der Waals surface area contributed by atoms with Crippen molar-refractivity contribution in [2.45, 2.75) is 59.9 Å². The van der Waals surface area contributed by atoms with Crippen LogP contribution in [0.4, 0.5) is 0 Å². The zero-order valence-corrected chi connectivity index (χ0v) is 12.7. The Bertz CT molecular complexity index is 351. The number of rotatable bonds is 8. The predicted molar refractivity (Wildman–Crippen MR) is 77.9 cm³/mol. The quantitative estimate of drug-likeness (QED) is 0.769. The summed E-state index contributed by atoms with van der Waals surface area (Å²) in [6.45, 7) is 11.0. The van der Waals surface area contributed by atoms with Crippen LogP contribution >= 0.6 is 0 Å². The van der Waals surface area contributed by atoms with Gasteiger partial charge in [-0.2, -0.15) is 5.10 Å². The number of aromatic nitrogens is 2. The van der Waals surface area contributed by atoms with E-state index in [1.807, 2.05) is 0 Å². The number of nitrogens with zero attached hydrogens (tertiary/aromatic N) is 2. The maximum absolute atomic E-state index is 4.66. The van der Waals surface area contributed by atoms with Gasteiger partial charge >= 0.3 is 0 Å². The van der Waals surface area contributed by atoms with Gasteiger partial charge in [0.25, 0.3) is 0 Å². The summed E-state index contributed by atoms with van der Waals surface area (Å²) in [5.41, 5.74) is 2.98. The molecule has 0 spiro atoms. The van der Waals surface area contributed by atoms with Crippen LogP contribution in [0.25, 0.3) is 0 Å². The van der Waals surface area contributed by atoms with Crippen molar-refractivity contribution in [2.75, 3.05) is 13.6 Å². The first-order valence-electron chi connectivity index (χ1n) is 7.34. The van der Waals surface area contributed by atoms with Crippen LogP contribution in [0.15, 0.2) is 6.07 Å². The second kappa shape index (κ2) is 6.93. The second-order valence-corrected chi connectivity index (χ2v) is 5.21. The molecule has 0 saturated heterocycles. The molecule has 0 aliphatic rings. The molecule has 3 heteroatoms. The highest BCUT2D eigenvalue weighted by atomic mass is 15.3. The lowest BCUT2D eigenvalue weighted by molar-refractivity contribution is 0.246. The molecule has 0 radical (unpaired) electrons. The summed E-state index contributed by atoms with van der Waals surface area (Å²) in [5.74, 6) is 0. The Morgan fingerprint density at radius 3 is 2.33 bits per heavy atom. The van der Waals surface area contributed by atoms with Gasteiger partial charge in [-0.25, -0.2) is 0 Å². The predicted octanol–water partition coefficient (Wildman–Crippen LogP) is 3.03. The van der Waals surface area contributed by atoms with Crippen LogP contribution in [0.5, 0.6) is 0 Å². The van der Waals surface area contributed by atoms with Crippen LogP contribution in [0, 0.1) is 5.41 Å². The normalized spacial score (nSPS) is 12.1.